The van der Waals surface area contributed by atoms with Crippen LogP contribution < -0.4 is 5.32 Å². The third kappa shape index (κ3) is 3.03. The second-order valence-corrected chi connectivity index (χ2v) is 6.43. The Morgan fingerprint density at radius 1 is 1.30 bits per heavy atom. The van der Waals surface area contributed by atoms with Crippen molar-refractivity contribution in [3.8, 4) is 0 Å². The van der Waals surface area contributed by atoms with E-state index in [4.69, 9.17) is 5.11 Å². The van der Waals surface area contributed by atoms with E-state index in [0.717, 1.165) is 34.9 Å². The quantitative estimate of drug-likeness (QED) is 0.885. The summed E-state index contributed by atoms with van der Waals surface area (Å²) in [5.74, 6) is -1.05. The number of benzene rings is 1. The fourth-order valence-electron chi connectivity index (χ4n) is 2.57. The maximum absolute atomic E-state index is 12.4. The second-order valence-electron chi connectivity index (χ2n) is 5.57. The SMILES string of the molecule is Cc1cc(C(=O)NC2(CC(=O)O)CCC2)c(C)cc1Br. The molecule has 1 fully saturated rings. The summed E-state index contributed by atoms with van der Waals surface area (Å²) in [5.41, 5.74) is 1.92. The molecule has 2 N–H and O–H groups in total. The molecule has 0 aromatic heterocycles. The highest BCUT2D eigenvalue weighted by Gasteiger charge is 2.40. The smallest absolute Gasteiger partial charge is 0.305 e. The molecule has 0 spiro atoms. The van der Waals surface area contributed by atoms with Gasteiger partial charge in [-0.25, -0.2) is 0 Å². The normalized spacial score (nSPS) is 16.4. The third-order valence-electron chi connectivity index (χ3n) is 3.93. The predicted molar refractivity (Wildman–Crippen MR) is 79.9 cm³/mol. The summed E-state index contributed by atoms with van der Waals surface area (Å²) in [7, 11) is 0. The van der Waals surface area contributed by atoms with E-state index in [0.29, 0.717) is 5.56 Å². The van der Waals surface area contributed by atoms with Gasteiger partial charge in [0, 0.05) is 10.0 Å². The molecule has 1 aromatic rings. The summed E-state index contributed by atoms with van der Waals surface area (Å²) in [6.07, 6.45) is 2.43. The van der Waals surface area contributed by atoms with Crippen molar-refractivity contribution in [2.24, 2.45) is 0 Å². The van der Waals surface area contributed by atoms with E-state index in [-0.39, 0.29) is 12.3 Å². The molecule has 1 amide bonds. The molecule has 1 aliphatic carbocycles. The van der Waals surface area contributed by atoms with Crippen LogP contribution in [0.15, 0.2) is 16.6 Å². The number of rotatable bonds is 4. The number of carboxylic acids is 1. The first-order valence-corrected chi connectivity index (χ1v) is 7.43. The Labute approximate surface area is 126 Å². The van der Waals surface area contributed by atoms with Crippen LogP contribution in [0.25, 0.3) is 0 Å². The molecule has 1 aliphatic rings. The van der Waals surface area contributed by atoms with E-state index in [9.17, 15) is 9.59 Å². The molecule has 0 heterocycles. The Kier molecular flexibility index (Phi) is 4.18. The molecule has 0 unspecified atom stereocenters. The summed E-state index contributed by atoms with van der Waals surface area (Å²) in [4.78, 5) is 23.3. The molecule has 20 heavy (non-hydrogen) atoms. The predicted octanol–water partition coefficient (Wildman–Crippen LogP) is 3.19. The van der Waals surface area contributed by atoms with Gasteiger partial charge in [0.1, 0.15) is 0 Å². The molecule has 1 aromatic carbocycles. The Morgan fingerprint density at radius 2 is 1.95 bits per heavy atom. The van der Waals surface area contributed by atoms with Gasteiger partial charge in [-0.3, -0.25) is 9.59 Å². The lowest BCUT2D eigenvalue weighted by atomic mass is 9.74. The molecule has 108 valence electrons. The van der Waals surface area contributed by atoms with Crippen molar-refractivity contribution in [2.75, 3.05) is 0 Å². The average molecular weight is 340 g/mol. The standard InChI is InChI=1S/C15H18BrNO3/c1-9-7-12(16)10(2)6-11(9)14(20)17-15(4-3-5-15)8-13(18)19/h6-7H,3-5,8H2,1-2H3,(H,17,20)(H,18,19). The summed E-state index contributed by atoms with van der Waals surface area (Å²) in [5, 5.41) is 11.9. The van der Waals surface area contributed by atoms with E-state index < -0.39 is 11.5 Å². The van der Waals surface area contributed by atoms with Crippen molar-refractivity contribution in [1.29, 1.82) is 0 Å². The zero-order valence-electron chi connectivity index (χ0n) is 11.6. The van der Waals surface area contributed by atoms with Gasteiger partial charge >= 0.3 is 5.97 Å². The third-order valence-corrected chi connectivity index (χ3v) is 4.78. The van der Waals surface area contributed by atoms with E-state index in [2.05, 4.69) is 21.2 Å². The van der Waals surface area contributed by atoms with E-state index >= 15 is 0 Å². The van der Waals surface area contributed by atoms with Crippen LogP contribution in [0.1, 0.15) is 47.2 Å². The minimum atomic E-state index is -0.867. The van der Waals surface area contributed by atoms with Gasteiger partial charge in [0.05, 0.1) is 12.0 Å². The van der Waals surface area contributed by atoms with Crippen LogP contribution in [0.5, 0.6) is 0 Å². The summed E-state index contributed by atoms with van der Waals surface area (Å²) >= 11 is 3.44. The van der Waals surface area contributed by atoms with Crippen LogP contribution in [0.4, 0.5) is 0 Å². The van der Waals surface area contributed by atoms with Gasteiger partial charge in [-0.1, -0.05) is 15.9 Å². The largest absolute Gasteiger partial charge is 0.481 e. The van der Waals surface area contributed by atoms with Crippen LogP contribution in [0.2, 0.25) is 0 Å². The summed E-state index contributed by atoms with van der Waals surface area (Å²) < 4.78 is 0.968. The molecule has 1 saturated carbocycles. The van der Waals surface area contributed by atoms with Crippen LogP contribution in [-0.4, -0.2) is 22.5 Å². The maximum atomic E-state index is 12.4. The number of aryl methyl sites for hydroxylation is 2. The highest BCUT2D eigenvalue weighted by Crippen LogP contribution is 2.35. The highest BCUT2D eigenvalue weighted by molar-refractivity contribution is 9.10. The van der Waals surface area contributed by atoms with Crippen LogP contribution >= 0.6 is 15.9 Å². The van der Waals surface area contributed by atoms with Gasteiger partial charge < -0.3 is 10.4 Å². The van der Waals surface area contributed by atoms with E-state index in [1.807, 2.05) is 26.0 Å². The van der Waals surface area contributed by atoms with E-state index in [1.165, 1.54) is 0 Å². The molecular weight excluding hydrogens is 322 g/mol. The molecule has 0 saturated heterocycles. The summed E-state index contributed by atoms with van der Waals surface area (Å²) in [6.45, 7) is 3.81. The molecule has 2 rings (SSSR count). The van der Waals surface area contributed by atoms with Crippen molar-refractivity contribution in [3.05, 3.63) is 33.3 Å². The molecule has 5 heteroatoms. The number of carbonyl (C=O) groups is 2. The summed E-state index contributed by atoms with van der Waals surface area (Å²) in [6, 6.07) is 3.75. The number of hydrogen-bond acceptors (Lipinski definition) is 2. The number of carbonyl (C=O) groups excluding carboxylic acids is 1. The van der Waals surface area contributed by atoms with Gasteiger partial charge in [-0.05, 0) is 56.4 Å². The van der Waals surface area contributed by atoms with Gasteiger partial charge in [0.25, 0.3) is 5.91 Å². The zero-order valence-corrected chi connectivity index (χ0v) is 13.2. The first kappa shape index (κ1) is 15.0. The monoisotopic (exact) mass is 339 g/mol. The average Bonchev–Trinajstić information content (AvgIpc) is 2.30. The molecule has 0 aliphatic heterocycles. The van der Waals surface area contributed by atoms with Crippen LogP contribution in [0.3, 0.4) is 0 Å². The van der Waals surface area contributed by atoms with Crippen molar-refractivity contribution < 1.29 is 14.7 Å². The fraction of sp³-hybridized carbons (Fsp3) is 0.467. The minimum absolute atomic E-state index is 0.00665. The lowest BCUT2D eigenvalue weighted by Crippen LogP contribution is -2.54. The Morgan fingerprint density at radius 3 is 2.45 bits per heavy atom. The molecule has 4 nitrogen and oxygen atoms in total. The Hall–Kier alpha value is -1.36. The number of carboxylic acid groups (broad SMARTS) is 1. The lowest BCUT2D eigenvalue weighted by molar-refractivity contribution is -0.139. The number of aliphatic carboxylic acids is 1. The van der Waals surface area contributed by atoms with E-state index in [1.54, 1.807) is 0 Å². The molecule has 0 atom stereocenters. The first-order chi connectivity index (χ1) is 9.33. The van der Waals surface area contributed by atoms with Crippen molar-refractivity contribution in [2.45, 2.75) is 45.1 Å². The van der Waals surface area contributed by atoms with Gasteiger partial charge in [-0.15, -0.1) is 0 Å². The lowest BCUT2D eigenvalue weighted by Gasteiger charge is -2.41. The van der Waals surface area contributed by atoms with Crippen molar-refractivity contribution in [3.63, 3.8) is 0 Å². The maximum Gasteiger partial charge on any atom is 0.305 e. The number of hydrogen-bond donors (Lipinski definition) is 2. The van der Waals surface area contributed by atoms with Crippen LogP contribution in [0, 0.1) is 13.8 Å². The second kappa shape index (κ2) is 5.56. The van der Waals surface area contributed by atoms with Crippen LogP contribution in [-0.2, 0) is 4.79 Å². The Balaban J connectivity index is 2.20. The number of halogens is 1. The fourth-order valence-corrected chi connectivity index (χ4v) is 3.03. The van der Waals surface area contributed by atoms with Crippen molar-refractivity contribution in [1.82, 2.24) is 5.32 Å². The van der Waals surface area contributed by atoms with Gasteiger partial charge in [0.2, 0.25) is 0 Å². The Bertz CT molecular complexity index is 564. The topological polar surface area (TPSA) is 66.4 Å². The molecule has 0 bridgehead atoms. The number of nitrogens with one attached hydrogen (secondary N) is 1. The van der Waals surface area contributed by atoms with Crippen molar-refractivity contribution >= 4 is 27.8 Å². The molecule has 0 radical (unpaired) electrons. The van der Waals surface area contributed by atoms with Gasteiger partial charge in [0.15, 0.2) is 0 Å². The highest BCUT2D eigenvalue weighted by atomic mass is 79.9. The minimum Gasteiger partial charge on any atom is -0.481 e. The van der Waals surface area contributed by atoms with Gasteiger partial charge in [-0.2, -0.15) is 0 Å². The zero-order chi connectivity index (χ0) is 14.9. The molecular formula is C15H18BrNO3. The first-order valence-electron chi connectivity index (χ1n) is 6.64. The number of amides is 1.